The van der Waals surface area contributed by atoms with Gasteiger partial charge >= 0.3 is 0 Å². The van der Waals surface area contributed by atoms with Gasteiger partial charge in [-0.1, -0.05) is 30.3 Å². The molecule has 0 saturated heterocycles. The van der Waals surface area contributed by atoms with Crippen LogP contribution in [0.3, 0.4) is 0 Å². The van der Waals surface area contributed by atoms with Gasteiger partial charge in [-0.15, -0.1) is 0 Å². The van der Waals surface area contributed by atoms with E-state index in [-0.39, 0.29) is 35.5 Å². The molecular formula is C26H23N3O7. The van der Waals surface area contributed by atoms with Crippen molar-refractivity contribution in [2.45, 2.75) is 42.6 Å². The highest BCUT2D eigenvalue weighted by Gasteiger charge is 2.72. The minimum absolute atomic E-state index is 0.0254. The Kier molecular flexibility index (Phi) is 4.42. The Morgan fingerprint density at radius 2 is 1.78 bits per heavy atom. The third-order valence-electron chi connectivity index (χ3n) is 8.33. The molecule has 1 amide bonds. The number of ether oxygens (including phenoxy) is 2. The minimum atomic E-state index is -1.48. The maximum Gasteiger partial charge on any atom is 0.255 e. The van der Waals surface area contributed by atoms with Crippen molar-refractivity contribution in [1.29, 1.82) is 0 Å². The number of phenolic OH excluding ortho intramolecular Hbond substituents is 1. The topological polar surface area (TPSA) is 154 Å². The van der Waals surface area contributed by atoms with Crippen LogP contribution in [-0.4, -0.2) is 67.7 Å². The summed E-state index contributed by atoms with van der Waals surface area (Å²) in [6.07, 6.45) is -0.378. The van der Waals surface area contributed by atoms with Crippen molar-refractivity contribution in [3.05, 3.63) is 65.5 Å². The molecule has 0 bridgehead atoms. The number of aliphatic hydroxyl groups excluding tert-OH is 3. The van der Waals surface area contributed by atoms with Crippen LogP contribution < -0.4 is 14.8 Å². The van der Waals surface area contributed by atoms with Crippen LogP contribution in [-0.2, 0) is 0 Å². The Labute approximate surface area is 205 Å². The van der Waals surface area contributed by atoms with E-state index >= 15 is 0 Å². The smallest absolute Gasteiger partial charge is 0.255 e. The number of aromatic nitrogens is 2. The largest absolute Gasteiger partial charge is 0.504 e. The summed E-state index contributed by atoms with van der Waals surface area (Å²) < 4.78 is 10.9. The fourth-order valence-electron chi connectivity index (χ4n) is 6.67. The van der Waals surface area contributed by atoms with Crippen molar-refractivity contribution < 1.29 is 34.7 Å². The molecule has 3 aromatic rings. The summed E-state index contributed by atoms with van der Waals surface area (Å²) in [6, 6.07) is 10.4. The van der Waals surface area contributed by atoms with Crippen LogP contribution in [0.1, 0.15) is 39.7 Å². The molecule has 0 radical (unpaired) electrons. The van der Waals surface area contributed by atoms with Crippen molar-refractivity contribution in [1.82, 2.24) is 15.5 Å². The number of rotatable bonds is 2. The summed E-state index contributed by atoms with van der Waals surface area (Å²) >= 11 is 0. The zero-order valence-corrected chi connectivity index (χ0v) is 18.9. The molecule has 2 saturated carbocycles. The third-order valence-corrected chi connectivity index (χ3v) is 8.33. The molecule has 2 fully saturated rings. The number of carbonyl (C=O) groups excluding carboxylic acids is 1. The Bertz CT molecular complexity index is 1400. The molecule has 10 heteroatoms. The van der Waals surface area contributed by atoms with Gasteiger partial charge in [0.15, 0.2) is 11.5 Å². The SMILES string of the molecule is O=C1N[C@H]2[C@H](O)[C@H](O)[C@@H](O)[C@]3(CC3c3cnncc3-c3ccccc3)[C@@H]2c2cc3c(c(O)c21)OCO3. The summed E-state index contributed by atoms with van der Waals surface area (Å²) in [5, 5.41) is 55.1. The second-order valence-electron chi connectivity index (χ2n) is 9.92. The molecular weight excluding hydrogens is 466 g/mol. The van der Waals surface area contributed by atoms with E-state index in [9.17, 15) is 25.2 Å². The minimum Gasteiger partial charge on any atom is -0.504 e. The second-order valence-corrected chi connectivity index (χ2v) is 9.92. The van der Waals surface area contributed by atoms with Crippen LogP contribution in [0.5, 0.6) is 17.2 Å². The van der Waals surface area contributed by atoms with Gasteiger partial charge in [-0.25, -0.2) is 0 Å². The zero-order chi connectivity index (χ0) is 24.8. The summed E-state index contributed by atoms with van der Waals surface area (Å²) in [5.41, 5.74) is 2.16. The van der Waals surface area contributed by atoms with Gasteiger partial charge in [0.25, 0.3) is 5.91 Å². The molecule has 184 valence electrons. The fourth-order valence-corrected chi connectivity index (χ4v) is 6.67. The molecule has 2 aromatic carbocycles. The molecule has 4 aliphatic rings. The lowest BCUT2D eigenvalue weighted by Gasteiger charge is -2.50. The first-order valence-corrected chi connectivity index (χ1v) is 11.8. The summed E-state index contributed by atoms with van der Waals surface area (Å²) in [5.74, 6) is -1.44. The van der Waals surface area contributed by atoms with E-state index in [4.69, 9.17) is 9.47 Å². The lowest BCUT2D eigenvalue weighted by atomic mass is 9.62. The average molecular weight is 489 g/mol. The van der Waals surface area contributed by atoms with E-state index in [1.807, 2.05) is 30.3 Å². The van der Waals surface area contributed by atoms with Gasteiger partial charge in [-0.05, 0) is 35.1 Å². The first-order chi connectivity index (χ1) is 17.4. The number of phenols is 1. The van der Waals surface area contributed by atoms with Crippen molar-refractivity contribution >= 4 is 5.91 Å². The fraction of sp³-hybridized carbons (Fsp3) is 0.346. The molecule has 5 N–H and O–H groups in total. The number of aromatic hydroxyl groups is 1. The molecule has 1 spiro atoms. The van der Waals surface area contributed by atoms with Gasteiger partial charge in [0.2, 0.25) is 12.5 Å². The van der Waals surface area contributed by atoms with Crippen LogP contribution in [0.4, 0.5) is 0 Å². The predicted octanol–water partition coefficient (Wildman–Crippen LogP) is 1.04. The highest BCUT2D eigenvalue weighted by molar-refractivity contribution is 6.01. The molecule has 36 heavy (non-hydrogen) atoms. The Hall–Kier alpha value is -3.73. The van der Waals surface area contributed by atoms with E-state index < -0.39 is 41.6 Å². The number of aliphatic hydroxyl groups is 3. The Balaban J connectivity index is 1.42. The summed E-state index contributed by atoms with van der Waals surface area (Å²) in [6.45, 7) is -0.0949. The monoisotopic (exact) mass is 489 g/mol. The molecule has 2 aliphatic carbocycles. The van der Waals surface area contributed by atoms with Crippen molar-refractivity contribution in [2.24, 2.45) is 5.41 Å². The standard InChI is InChI=1S/C26H23N3O7/c30-20-17-12(6-16-23(20)36-10-35-16)18-19(29-25(17)34)21(31)22(32)24(33)26(18)7-15(26)14-9-28-27-8-13(14)11-4-2-1-3-5-11/h1-6,8-9,15,18-19,21-22,24,30-33H,7,10H2,(H,29,34)/t15?,18-,19-,21+,22+,24-,26+/m1/s1. The van der Waals surface area contributed by atoms with E-state index in [0.717, 1.165) is 16.7 Å². The van der Waals surface area contributed by atoms with Crippen molar-refractivity contribution in [3.63, 3.8) is 0 Å². The van der Waals surface area contributed by atoms with Crippen molar-refractivity contribution in [3.8, 4) is 28.4 Å². The number of hydrogen-bond donors (Lipinski definition) is 5. The van der Waals surface area contributed by atoms with Gasteiger partial charge in [0.05, 0.1) is 30.1 Å². The number of benzene rings is 2. The van der Waals surface area contributed by atoms with E-state index in [0.29, 0.717) is 12.0 Å². The van der Waals surface area contributed by atoms with Gasteiger partial charge in [0.1, 0.15) is 12.2 Å². The Morgan fingerprint density at radius 3 is 2.58 bits per heavy atom. The quantitative estimate of drug-likeness (QED) is 0.355. The third kappa shape index (κ3) is 2.69. The number of carbonyl (C=O) groups is 1. The van der Waals surface area contributed by atoms with Gasteiger partial charge in [0, 0.05) is 16.9 Å². The molecule has 7 atom stereocenters. The second kappa shape index (κ2) is 7.39. The maximum atomic E-state index is 13.1. The van der Waals surface area contributed by atoms with Crippen LogP contribution in [0.25, 0.3) is 11.1 Å². The number of fused-ring (bicyclic) bond motifs is 5. The average Bonchev–Trinajstić information content (AvgIpc) is 3.45. The van der Waals surface area contributed by atoms with Crippen LogP contribution in [0, 0.1) is 5.41 Å². The zero-order valence-electron chi connectivity index (χ0n) is 18.9. The molecule has 10 nitrogen and oxygen atoms in total. The first kappa shape index (κ1) is 21.5. The summed E-state index contributed by atoms with van der Waals surface area (Å²) in [7, 11) is 0. The van der Waals surface area contributed by atoms with E-state index in [1.54, 1.807) is 18.5 Å². The van der Waals surface area contributed by atoms with Crippen LogP contribution >= 0.6 is 0 Å². The molecule has 7 rings (SSSR count). The normalized spacial score (nSPS) is 33.6. The molecule has 1 unspecified atom stereocenters. The van der Waals surface area contributed by atoms with E-state index in [2.05, 4.69) is 15.5 Å². The summed E-state index contributed by atoms with van der Waals surface area (Å²) in [4.78, 5) is 13.1. The number of nitrogens with one attached hydrogen (secondary N) is 1. The molecule has 2 aliphatic heterocycles. The highest BCUT2D eigenvalue weighted by Crippen LogP contribution is 2.73. The van der Waals surface area contributed by atoms with Crippen LogP contribution in [0.2, 0.25) is 0 Å². The lowest BCUT2D eigenvalue weighted by Crippen LogP contribution is -2.65. The Morgan fingerprint density at radius 1 is 1.00 bits per heavy atom. The highest BCUT2D eigenvalue weighted by atomic mass is 16.7. The van der Waals surface area contributed by atoms with Gasteiger partial charge in [-0.3, -0.25) is 4.79 Å². The van der Waals surface area contributed by atoms with E-state index in [1.165, 1.54) is 0 Å². The molecule has 1 aromatic heterocycles. The number of nitrogens with zero attached hydrogens (tertiary/aromatic N) is 2. The first-order valence-electron chi connectivity index (χ1n) is 11.8. The van der Waals surface area contributed by atoms with Crippen molar-refractivity contribution in [2.75, 3.05) is 6.79 Å². The number of hydrogen-bond acceptors (Lipinski definition) is 9. The number of amides is 1. The lowest BCUT2D eigenvalue weighted by molar-refractivity contribution is -0.141. The maximum absolute atomic E-state index is 13.1. The predicted molar refractivity (Wildman–Crippen MR) is 124 cm³/mol. The molecule has 3 heterocycles. The van der Waals surface area contributed by atoms with Gasteiger partial charge in [-0.2, -0.15) is 10.2 Å². The van der Waals surface area contributed by atoms with Crippen LogP contribution in [0.15, 0.2) is 48.8 Å². The van der Waals surface area contributed by atoms with Gasteiger partial charge < -0.3 is 35.2 Å².